The number of aromatic nitrogens is 3. The van der Waals surface area contributed by atoms with Crippen LogP contribution in [0.3, 0.4) is 0 Å². The van der Waals surface area contributed by atoms with Gasteiger partial charge in [0.1, 0.15) is 0 Å². The van der Waals surface area contributed by atoms with Crippen LogP contribution in [0.1, 0.15) is 28.2 Å². The number of rotatable bonds is 4. The quantitative estimate of drug-likeness (QED) is 0.846. The lowest BCUT2D eigenvalue weighted by Crippen LogP contribution is -2.13. The van der Waals surface area contributed by atoms with Crippen LogP contribution >= 0.6 is 0 Å². The molecule has 0 unspecified atom stereocenters. The maximum absolute atomic E-state index is 4.01. The summed E-state index contributed by atoms with van der Waals surface area (Å²) in [5.74, 6) is 0. The molecule has 2 aromatic rings. The van der Waals surface area contributed by atoms with Crippen molar-refractivity contribution in [2.24, 2.45) is 7.05 Å². The first-order valence-electron chi connectivity index (χ1n) is 5.91. The zero-order valence-corrected chi connectivity index (χ0v) is 11.0. The van der Waals surface area contributed by atoms with Crippen molar-refractivity contribution < 1.29 is 0 Å². The molecule has 2 aromatic heterocycles. The van der Waals surface area contributed by atoms with E-state index in [1.165, 1.54) is 22.5 Å². The summed E-state index contributed by atoms with van der Waals surface area (Å²) in [5.41, 5.74) is 6.37. The van der Waals surface area contributed by atoms with Crippen LogP contribution in [0.5, 0.6) is 0 Å². The van der Waals surface area contributed by atoms with Gasteiger partial charge in [-0.2, -0.15) is 5.10 Å². The lowest BCUT2D eigenvalue weighted by Gasteiger charge is -2.05. The molecule has 92 valence electrons. The zero-order valence-electron chi connectivity index (χ0n) is 11.0. The molecule has 4 heteroatoms. The van der Waals surface area contributed by atoms with Crippen LogP contribution in [0, 0.1) is 20.8 Å². The second-order valence-electron chi connectivity index (χ2n) is 4.58. The summed E-state index contributed by atoms with van der Waals surface area (Å²) in [5, 5.41) is 10.4. The van der Waals surface area contributed by atoms with Gasteiger partial charge in [-0.15, -0.1) is 0 Å². The van der Waals surface area contributed by atoms with Gasteiger partial charge in [-0.05, 0) is 32.4 Å². The first kappa shape index (κ1) is 11.9. The maximum Gasteiger partial charge on any atom is 0.0535 e. The molecule has 0 spiro atoms. The third-order valence-corrected chi connectivity index (χ3v) is 3.45. The smallest absolute Gasteiger partial charge is 0.0535 e. The number of hydrogen-bond donors (Lipinski definition) is 2. The number of nitrogens with one attached hydrogen (secondary N) is 2. The van der Waals surface area contributed by atoms with Crippen LogP contribution in [-0.2, 0) is 20.1 Å². The van der Waals surface area contributed by atoms with E-state index in [1.807, 2.05) is 13.1 Å². The summed E-state index contributed by atoms with van der Waals surface area (Å²) in [6.07, 6.45) is 1.88. The van der Waals surface area contributed by atoms with E-state index >= 15 is 0 Å². The summed E-state index contributed by atoms with van der Waals surface area (Å²) in [6.45, 7) is 8.10. The fourth-order valence-electron chi connectivity index (χ4n) is 2.00. The molecule has 2 rings (SSSR count). The summed E-state index contributed by atoms with van der Waals surface area (Å²) in [4.78, 5) is 0. The van der Waals surface area contributed by atoms with Crippen LogP contribution in [0.15, 0.2) is 12.3 Å². The van der Waals surface area contributed by atoms with E-state index < -0.39 is 0 Å². The monoisotopic (exact) mass is 232 g/mol. The molecule has 0 atom stereocenters. The SMILES string of the molecule is Cc1[nH]ncc1CNCc1cc(C)n(C)c1C. The third-order valence-electron chi connectivity index (χ3n) is 3.45. The molecular formula is C13H20N4. The normalized spacial score (nSPS) is 11.1. The molecule has 0 fully saturated rings. The highest BCUT2D eigenvalue weighted by Crippen LogP contribution is 2.13. The van der Waals surface area contributed by atoms with Crippen molar-refractivity contribution >= 4 is 0 Å². The zero-order chi connectivity index (χ0) is 12.4. The predicted molar refractivity (Wildman–Crippen MR) is 68.8 cm³/mol. The van der Waals surface area contributed by atoms with Gasteiger partial charge >= 0.3 is 0 Å². The molecule has 0 aliphatic heterocycles. The summed E-state index contributed by atoms with van der Waals surface area (Å²) in [6, 6.07) is 2.24. The molecule has 2 heterocycles. The van der Waals surface area contributed by atoms with Gasteiger partial charge in [-0.3, -0.25) is 5.10 Å². The molecule has 0 saturated heterocycles. The Hall–Kier alpha value is -1.55. The van der Waals surface area contributed by atoms with Crippen LogP contribution in [0.25, 0.3) is 0 Å². The average Bonchev–Trinajstić information content (AvgIpc) is 2.80. The van der Waals surface area contributed by atoms with Gasteiger partial charge in [0.15, 0.2) is 0 Å². The number of nitrogens with zero attached hydrogens (tertiary/aromatic N) is 2. The Morgan fingerprint density at radius 3 is 2.47 bits per heavy atom. The summed E-state index contributed by atoms with van der Waals surface area (Å²) in [7, 11) is 2.11. The minimum atomic E-state index is 0.857. The fourth-order valence-corrected chi connectivity index (χ4v) is 2.00. The number of aryl methyl sites for hydroxylation is 2. The second kappa shape index (κ2) is 4.75. The Labute approximate surface area is 102 Å². The first-order chi connectivity index (χ1) is 8.09. The fraction of sp³-hybridized carbons (Fsp3) is 0.462. The van der Waals surface area contributed by atoms with Gasteiger partial charge in [0.2, 0.25) is 0 Å². The van der Waals surface area contributed by atoms with Gasteiger partial charge < -0.3 is 9.88 Å². The highest BCUT2D eigenvalue weighted by molar-refractivity contribution is 5.26. The highest BCUT2D eigenvalue weighted by Gasteiger charge is 2.06. The van der Waals surface area contributed by atoms with Crippen molar-refractivity contribution in [3.05, 3.63) is 40.5 Å². The third kappa shape index (κ3) is 2.42. The van der Waals surface area contributed by atoms with Crippen molar-refractivity contribution in [3.8, 4) is 0 Å². The molecule has 0 aliphatic rings. The molecule has 0 aromatic carbocycles. The van der Waals surface area contributed by atoms with E-state index in [4.69, 9.17) is 0 Å². The Morgan fingerprint density at radius 1 is 1.24 bits per heavy atom. The van der Waals surface area contributed by atoms with E-state index in [0.29, 0.717) is 0 Å². The number of hydrogen-bond acceptors (Lipinski definition) is 2. The molecule has 0 radical (unpaired) electrons. The highest BCUT2D eigenvalue weighted by atomic mass is 15.1. The standard InChI is InChI=1S/C13H20N4/c1-9-5-12(11(3)17(9)4)6-14-7-13-8-15-16-10(13)2/h5,8,14H,6-7H2,1-4H3,(H,15,16). The number of H-pyrrole nitrogens is 1. The molecular weight excluding hydrogens is 212 g/mol. The predicted octanol–water partition coefficient (Wildman–Crippen LogP) is 1.96. The van der Waals surface area contributed by atoms with Gasteiger partial charge in [0.05, 0.1) is 6.20 Å². The molecule has 2 N–H and O–H groups in total. The van der Waals surface area contributed by atoms with E-state index in [-0.39, 0.29) is 0 Å². The van der Waals surface area contributed by atoms with Crippen LogP contribution in [0.2, 0.25) is 0 Å². The van der Waals surface area contributed by atoms with Crippen molar-refractivity contribution in [3.63, 3.8) is 0 Å². The topological polar surface area (TPSA) is 45.6 Å². The molecule has 0 saturated carbocycles. The molecule has 0 amide bonds. The molecule has 0 aliphatic carbocycles. The Morgan fingerprint density at radius 2 is 1.94 bits per heavy atom. The van der Waals surface area contributed by atoms with Gasteiger partial charge in [0, 0.05) is 42.8 Å². The van der Waals surface area contributed by atoms with Crippen molar-refractivity contribution in [2.75, 3.05) is 0 Å². The van der Waals surface area contributed by atoms with Crippen LogP contribution < -0.4 is 5.32 Å². The lowest BCUT2D eigenvalue weighted by atomic mass is 10.2. The van der Waals surface area contributed by atoms with E-state index in [2.05, 4.69) is 47.0 Å². The lowest BCUT2D eigenvalue weighted by molar-refractivity contribution is 0.685. The average molecular weight is 232 g/mol. The Kier molecular flexibility index (Phi) is 3.33. The van der Waals surface area contributed by atoms with E-state index in [1.54, 1.807) is 0 Å². The Bertz CT molecular complexity index is 507. The van der Waals surface area contributed by atoms with Gasteiger partial charge in [-0.1, -0.05) is 0 Å². The number of aromatic amines is 1. The van der Waals surface area contributed by atoms with Gasteiger partial charge in [0.25, 0.3) is 0 Å². The van der Waals surface area contributed by atoms with Crippen molar-refractivity contribution in [1.82, 2.24) is 20.1 Å². The van der Waals surface area contributed by atoms with E-state index in [0.717, 1.165) is 18.8 Å². The van der Waals surface area contributed by atoms with Crippen LogP contribution in [-0.4, -0.2) is 14.8 Å². The summed E-state index contributed by atoms with van der Waals surface area (Å²) >= 11 is 0. The van der Waals surface area contributed by atoms with Crippen LogP contribution in [0.4, 0.5) is 0 Å². The minimum Gasteiger partial charge on any atom is -0.352 e. The van der Waals surface area contributed by atoms with Gasteiger partial charge in [-0.25, -0.2) is 0 Å². The van der Waals surface area contributed by atoms with Crippen molar-refractivity contribution in [2.45, 2.75) is 33.9 Å². The molecule has 0 bridgehead atoms. The minimum absolute atomic E-state index is 0.857. The first-order valence-corrected chi connectivity index (χ1v) is 5.91. The molecule has 17 heavy (non-hydrogen) atoms. The maximum atomic E-state index is 4.01. The Balaban J connectivity index is 1.95. The second-order valence-corrected chi connectivity index (χ2v) is 4.58. The largest absolute Gasteiger partial charge is 0.352 e. The van der Waals surface area contributed by atoms with Crippen molar-refractivity contribution in [1.29, 1.82) is 0 Å². The van der Waals surface area contributed by atoms with E-state index in [9.17, 15) is 0 Å². The summed E-state index contributed by atoms with van der Waals surface area (Å²) < 4.78 is 2.22. The molecule has 4 nitrogen and oxygen atoms in total.